The molecule has 0 saturated heterocycles. The minimum Gasteiger partial charge on any atom is -0.315 e. The lowest BCUT2D eigenvalue weighted by atomic mass is 10.0. The molecule has 0 aliphatic rings. The van der Waals surface area contributed by atoms with Gasteiger partial charge in [-0.1, -0.05) is 41.5 Å². The summed E-state index contributed by atoms with van der Waals surface area (Å²) in [4.78, 5) is 2.65. The van der Waals surface area contributed by atoms with E-state index in [1.54, 1.807) is 0 Å². The second-order valence-electron chi connectivity index (χ2n) is 6.80. The maximum atomic E-state index is 3.47. The van der Waals surface area contributed by atoms with Gasteiger partial charge in [0.1, 0.15) is 0 Å². The molecule has 110 valence electrons. The van der Waals surface area contributed by atoms with Crippen molar-refractivity contribution in [3.63, 3.8) is 0 Å². The normalized spacial score (nSPS) is 14.2. The minimum absolute atomic E-state index is 0.615. The average Bonchev–Trinajstić information content (AvgIpc) is 2.27. The Bertz CT molecular complexity index is 176. The van der Waals surface area contributed by atoms with Crippen molar-refractivity contribution in [3.8, 4) is 0 Å². The van der Waals surface area contributed by atoms with Crippen molar-refractivity contribution in [2.24, 2.45) is 17.8 Å². The van der Waals surface area contributed by atoms with Crippen LogP contribution in [0.25, 0.3) is 0 Å². The molecule has 0 bridgehead atoms. The second kappa shape index (κ2) is 9.80. The molecule has 0 fully saturated rings. The third kappa shape index (κ3) is 8.93. The maximum Gasteiger partial charge on any atom is 0.0214 e. The number of hydrogen-bond acceptors (Lipinski definition) is 2. The van der Waals surface area contributed by atoms with Crippen molar-refractivity contribution in [2.75, 3.05) is 26.7 Å². The maximum absolute atomic E-state index is 3.47. The predicted octanol–water partition coefficient (Wildman–Crippen LogP) is 3.62. The summed E-state index contributed by atoms with van der Waals surface area (Å²) in [7, 11) is 2.09. The Kier molecular flexibility index (Phi) is 9.76. The van der Waals surface area contributed by atoms with Crippen LogP contribution in [-0.2, 0) is 0 Å². The van der Waals surface area contributed by atoms with Gasteiger partial charge in [0.15, 0.2) is 0 Å². The Morgan fingerprint density at radius 1 is 0.833 bits per heavy atom. The molecule has 0 spiro atoms. The van der Waals surface area contributed by atoms with Gasteiger partial charge in [-0.15, -0.1) is 0 Å². The molecule has 1 atom stereocenters. The van der Waals surface area contributed by atoms with Gasteiger partial charge < -0.3 is 10.2 Å². The van der Waals surface area contributed by atoms with Crippen LogP contribution in [-0.4, -0.2) is 37.6 Å². The van der Waals surface area contributed by atoms with E-state index in [0.29, 0.717) is 12.0 Å². The van der Waals surface area contributed by atoms with E-state index in [0.717, 1.165) is 11.8 Å². The summed E-state index contributed by atoms with van der Waals surface area (Å²) >= 11 is 0. The highest BCUT2D eigenvalue weighted by Crippen LogP contribution is 2.10. The van der Waals surface area contributed by atoms with Crippen LogP contribution in [0.4, 0.5) is 0 Å². The van der Waals surface area contributed by atoms with Crippen molar-refractivity contribution in [1.82, 2.24) is 10.2 Å². The molecule has 1 N–H and O–H groups in total. The summed E-state index contributed by atoms with van der Waals surface area (Å²) in [6.45, 7) is 17.6. The van der Waals surface area contributed by atoms with E-state index < -0.39 is 0 Å². The summed E-state index contributed by atoms with van der Waals surface area (Å²) in [5, 5.41) is 3.47. The van der Waals surface area contributed by atoms with E-state index in [4.69, 9.17) is 0 Å². The quantitative estimate of drug-likeness (QED) is 0.642. The Labute approximate surface area is 116 Å². The van der Waals surface area contributed by atoms with Crippen molar-refractivity contribution < 1.29 is 0 Å². The molecule has 0 rings (SSSR count). The number of nitrogens with zero attached hydrogens (tertiary/aromatic N) is 1. The van der Waals surface area contributed by atoms with Crippen molar-refractivity contribution >= 4 is 0 Å². The van der Waals surface area contributed by atoms with Crippen LogP contribution in [0.15, 0.2) is 0 Å². The second-order valence-corrected chi connectivity index (χ2v) is 6.80. The van der Waals surface area contributed by atoms with Gasteiger partial charge in [0, 0.05) is 12.6 Å². The van der Waals surface area contributed by atoms with E-state index in [1.807, 2.05) is 0 Å². The molecular weight excluding hydrogens is 220 g/mol. The molecule has 0 aromatic carbocycles. The van der Waals surface area contributed by atoms with Gasteiger partial charge in [-0.2, -0.15) is 0 Å². The lowest BCUT2D eigenvalue weighted by Gasteiger charge is -2.30. The van der Waals surface area contributed by atoms with Gasteiger partial charge in [0.05, 0.1) is 0 Å². The van der Waals surface area contributed by atoms with E-state index in [2.05, 4.69) is 58.8 Å². The molecule has 0 aliphatic carbocycles. The lowest BCUT2D eigenvalue weighted by molar-refractivity contribution is 0.203. The zero-order valence-corrected chi connectivity index (χ0v) is 13.8. The predicted molar refractivity (Wildman–Crippen MR) is 83.0 cm³/mol. The van der Waals surface area contributed by atoms with Gasteiger partial charge >= 0.3 is 0 Å². The molecule has 0 aliphatic heterocycles. The topological polar surface area (TPSA) is 15.3 Å². The van der Waals surface area contributed by atoms with Gasteiger partial charge in [-0.05, 0) is 50.7 Å². The smallest absolute Gasteiger partial charge is 0.0214 e. The highest BCUT2D eigenvalue weighted by Gasteiger charge is 2.16. The molecule has 1 unspecified atom stereocenters. The van der Waals surface area contributed by atoms with Crippen LogP contribution in [0.5, 0.6) is 0 Å². The van der Waals surface area contributed by atoms with Gasteiger partial charge in [0.25, 0.3) is 0 Å². The SMILES string of the molecule is CNC(CN(CCC(C)C)CCC(C)C)C(C)C. The molecule has 0 amide bonds. The molecule has 0 aromatic heterocycles. The first kappa shape index (κ1) is 17.9. The third-order valence-electron chi connectivity index (χ3n) is 3.68. The Balaban J connectivity index is 4.25. The fourth-order valence-electron chi connectivity index (χ4n) is 2.09. The number of rotatable bonds is 10. The average molecular weight is 256 g/mol. The molecule has 2 heteroatoms. The standard InChI is InChI=1S/C16H36N2/c1-13(2)8-10-18(11-9-14(3)4)12-16(17-7)15(5)6/h13-17H,8-12H2,1-7H3. The molecule has 0 aromatic rings. The lowest BCUT2D eigenvalue weighted by Crippen LogP contribution is -2.43. The van der Waals surface area contributed by atoms with E-state index in [-0.39, 0.29) is 0 Å². The van der Waals surface area contributed by atoms with E-state index in [9.17, 15) is 0 Å². The highest BCUT2D eigenvalue weighted by atomic mass is 15.1. The molecule has 2 nitrogen and oxygen atoms in total. The van der Waals surface area contributed by atoms with Crippen LogP contribution in [0.1, 0.15) is 54.4 Å². The highest BCUT2D eigenvalue weighted by molar-refractivity contribution is 4.74. The van der Waals surface area contributed by atoms with Crippen molar-refractivity contribution in [1.29, 1.82) is 0 Å². The Hall–Kier alpha value is -0.0800. The van der Waals surface area contributed by atoms with Crippen LogP contribution in [0.2, 0.25) is 0 Å². The zero-order chi connectivity index (χ0) is 14.1. The molecule has 0 saturated carbocycles. The van der Waals surface area contributed by atoms with Crippen molar-refractivity contribution in [3.05, 3.63) is 0 Å². The zero-order valence-electron chi connectivity index (χ0n) is 13.8. The van der Waals surface area contributed by atoms with Gasteiger partial charge in [-0.3, -0.25) is 0 Å². The summed E-state index contributed by atoms with van der Waals surface area (Å²) in [6.07, 6.45) is 2.62. The molecule has 18 heavy (non-hydrogen) atoms. The fourth-order valence-corrected chi connectivity index (χ4v) is 2.09. The first-order chi connectivity index (χ1) is 8.36. The third-order valence-corrected chi connectivity index (χ3v) is 3.68. The first-order valence-corrected chi connectivity index (χ1v) is 7.76. The Morgan fingerprint density at radius 3 is 1.56 bits per heavy atom. The summed E-state index contributed by atoms with van der Waals surface area (Å²) < 4.78 is 0. The van der Waals surface area contributed by atoms with Crippen LogP contribution < -0.4 is 5.32 Å². The summed E-state index contributed by atoms with van der Waals surface area (Å²) in [5.41, 5.74) is 0. The van der Waals surface area contributed by atoms with Crippen LogP contribution in [0.3, 0.4) is 0 Å². The van der Waals surface area contributed by atoms with E-state index in [1.165, 1.54) is 32.5 Å². The fraction of sp³-hybridized carbons (Fsp3) is 1.00. The summed E-state index contributed by atoms with van der Waals surface area (Å²) in [6, 6.07) is 0.615. The monoisotopic (exact) mass is 256 g/mol. The van der Waals surface area contributed by atoms with Crippen LogP contribution in [0, 0.1) is 17.8 Å². The minimum atomic E-state index is 0.615. The first-order valence-electron chi connectivity index (χ1n) is 7.76. The molecule has 0 heterocycles. The Morgan fingerprint density at radius 2 is 1.28 bits per heavy atom. The number of likely N-dealkylation sites (N-methyl/N-ethyl adjacent to an activating group) is 1. The van der Waals surface area contributed by atoms with Gasteiger partial charge in [-0.25, -0.2) is 0 Å². The van der Waals surface area contributed by atoms with Crippen molar-refractivity contribution in [2.45, 2.75) is 60.4 Å². The number of nitrogens with one attached hydrogen (secondary N) is 1. The van der Waals surface area contributed by atoms with E-state index >= 15 is 0 Å². The number of hydrogen-bond donors (Lipinski definition) is 1. The summed E-state index contributed by atoms with van der Waals surface area (Å²) in [5.74, 6) is 2.31. The molecular formula is C16H36N2. The largest absolute Gasteiger partial charge is 0.315 e. The van der Waals surface area contributed by atoms with Crippen LogP contribution >= 0.6 is 0 Å². The molecule has 0 radical (unpaired) electrons. The van der Waals surface area contributed by atoms with Gasteiger partial charge in [0.2, 0.25) is 0 Å².